The molecule has 4 aliphatic heterocycles. The average molecular weight is 486 g/mol. The van der Waals surface area contributed by atoms with Gasteiger partial charge in [-0.25, -0.2) is 0 Å². The molecule has 2 saturated heterocycles. The van der Waals surface area contributed by atoms with Crippen LogP contribution < -0.4 is 10.1 Å². The first kappa shape index (κ1) is 20.7. The van der Waals surface area contributed by atoms with Crippen LogP contribution in [0.5, 0.6) is 5.75 Å². The third-order valence-corrected chi connectivity index (χ3v) is 8.99. The lowest BCUT2D eigenvalue weighted by Crippen LogP contribution is -2.50. The zero-order valence-electron chi connectivity index (χ0n) is 18.3. The molecule has 174 valence electrons. The molecule has 0 saturated carbocycles. The second-order valence-corrected chi connectivity index (χ2v) is 10.3. The fourth-order valence-corrected chi connectivity index (χ4v) is 8.12. The molecule has 3 aromatic carbocycles. The summed E-state index contributed by atoms with van der Waals surface area (Å²) in [6.07, 6.45) is 0. The quantitative estimate of drug-likeness (QED) is 0.255. The maximum Gasteiger partial charge on any atom is 0.324 e. The van der Waals surface area contributed by atoms with Gasteiger partial charge in [0.1, 0.15) is 16.7 Å². The van der Waals surface area contributed by atoms with Gasteiger partial charge in [0.15, 0.2) is 0 Å². The van der Waals surface area contributed by atoms with Crippen molar-refractivity contribution in [1.29, 1.82) is 0 Å². The number of amides is 1. The number of para-hydroxylation sites is 2. The van der Waals surface area contributed by atoms with E-state index in [-0.39, 0.29) is 23.6 Å². The Labute approximate surface area is 204 Å². The van der Waals surface area contributed by atoms with Crippen LogP contribution in [0.1, 0.15) is 22.6 Å². The summed E-state index contributed by atoms with van der Waals surface area (Å²) >= 11 is 1.69. The Kier molecular flexibility index (Phi) is 4.09. The van der Waals surface area contributed by atoms with E-state index in [1.54, 1.807) is 30.0 Å². The third-order valence-electron chi connectivity index (χ3n) is 7.98. The molecular formula is C26H19N3O5S. The SMILES string of the molecule is O=C1Oc2ccccc2[C@]12[C@@H]1CSCN1[C@@]1(C(=O)Nc3ccccc31)[C@H]2c1ccc([N+](=O)[O-])cc1. The molecule has 4 atom stereocenters. The summed E-state index contributed by atoms with van der Waals surface area (Å²) in [7, 11) is 0. The van der Waals surface area contributed by atoms with Crippen LogP contribution in [0.4, 0.5) is 11.4 Å². The number of hydrogen-bond acceptors (Lipinski definition) is 7. The second-order valence-electron chi connectivity index (χ2n) is 9.29. The average Bonchev–Trinajstić information content (AvgIpc) is 3.58. The Morgan fingerprint density at radius 3 is 2.49 bits per heavy atom. The van der Waals surface area contributed by atoms with Crippen molar-refractivity contribution in [3.63, 3.8) is 0 Å². The van der Waals surface area contributed by atoms with Crippen LogP contribution in [0.25, 0.3) is 0 Å². The molecule has 2 fully saturated rings. The largest absolute Gasteiger partial charge is 0.425 e. The summed E-state index contributed by atoms with van der Waals surface area (Å²) in [6.45, 7) is 0. The fraction of sp³-hybridized carbons (Fsp3) is 0.231. The van der Waals surface area contributed by atoms with Crippen molar-refractivity contribution in [3.8, 4) is 5.75 Å². The van der Waals surface area contributed by atoms with Gasteiger partial charge in [0.2, 0.25) is 5.91 Å². The number of carbonyl (C=O) groups excluding carboxylic acids is 2. The van der Waals surface area contributed by atoms with E-state index in [0.29, 0.717) is 22.9 Å². The predicted molar refractivity (Wildman–Crippen MR) is 129 cm³/mol. The number of nitro groups is 1. The molecule has 1 N–H and O–H groups in total. The molecule has 0 aromatic heterocycles. The molecular weight excluding hydrogens is 466 g/mol. The van der Waals surface area contributed by atoms with Crippen LogP contribution in [0.2, 0.25) is 0 Å². The van der Waals surface area contributed by atoms with E-state index in [9.17, 15) is 19.7 Å². The van der Waals surface area contributed by atoms with Gasteiger partial charge in [-0.1, -0.05) is 48.5 Å². The highest BCUT2D eigenvalue weighted by Gasteiger charge is 2.78. The minimum absolute atomic E-state index is 0.0448. The van der Waals surface area contributed by atoms with Crippen molar-refractivity contribution in [2.24, 2.45) is 0 Å². The van der Waals surface area contributed by atoms with Crippen molar-refractivity contribution in [2.75, 3.05) is 16.9 Å². The Hall–Kier alpha value is -3.69. The Balaban J connectivity index is 1.59. The molecule has 0 bridgehead atoms. The predicted octanol–water partition coefficient (Wildman–Crippen LogP) is 3.77. The summed E-state index contributed by atoms with van der Waals surface area (Å²) in [5.74, 6) is 0.515. The number of non-ortho nitro benzene ring substituents is 1. The van der Waals surface area contributed by atoms with E-state index in [1.807, 2.05) is 42.5 Å². The first-order chi connectivity index (χ1) is 17.0. The number of hydrogen-bond donors (Lipinski definition) is 1. The lowest BCUT2D eigenvalue weighted by atomic mass is 9.60. The Morgan fingerprint density at radius 1 is 1.00 bits per heavy atom. The monoisotopic (exact) mass is 485 g/mol. The number of esters is 1. The van der Waals surface area contributed by atoms with Crippen molar-refractivity contribution in [1.82, 2.24) is 4.90 Å². The molecule has 2 spiro atoms. The molecule has 9 heteroatoms. The number of anilines is 1. The highest BCUT2D eigenvalue weighted by Crippen LogP contribution is 2.69. The van der Waals surface area contributed by atoms with Gasteiger partial charge < -0.3 is 10.1 Å². The number of benzene rings is 3. The maximum atomic E-state index is 14.1. The maximum absolute atomic E-state index is 14.1. The van der Waals surface area contributed by atoms with Gasteiger partial charge in [0.25, 0.3) is 5.69 Å². The number of carbonyl (C=O) groups is 2. The van der Waals surface area contributed by atoms with E-state index in [2.05, 4.69) is 10.2 Å². The number of nitrogens with zero attached hydrogens (tertiary/aromatic N) is 2. The summed E-state index contributed by atoms with van der Waals surface area (Å²) in [4.78, 5) is 41.2. The lowest BCUT2D eigenvalue weighted by molar-refractivity contribution is -0.384. The normalized spacial score (nSPS) is 30.3. The van der Waals surface area contributed by atoms with Crippen molar-refractivity contribution in [3.05, 3.63) is 99.6 Å². The zero-order chi connectivity index (χ0) is 23.9. The molecule has 3 aromatic rings. The standard InChI is InChI=1S/C26H19N3O5S/c30-23-26(17-5-1-3-7-19(17)27-23)22(15-9-11-16(12-10-15)29(32)33)25(21-13-35-14-28(21)26)18-6-2-4-8-20(18)34-24(25)31/h1-12,21-22H,13-14H2,(H,27,30)/t21-,22-,25+,26+/m0/s1. The van der Waals surface area contributed by atoms with Gasteiger partial charge in [-0.2, -0.15) is 0 Å². The molecule has 8 nitrogen and oxygen atoms in total. The van der Waals surface area contributed by atoms with Gasteiger partial charge in [0.05, 0.1) is 4.92 Å². The van der Waals surface area contributed by atoms with Crippen molar-refractivity contribution < 1.29 is 19.2 Å². The first-order valence-electron chi connectivity index (χ1n) is 11.3. The highest BCUT2D eigenvalue weighted by atomic mass is 32.2. The highest BCUT2D eigenvalue weighted by molar-refractivity contribution is 7.99. The molecule has 0 unspecified atom stereocenters. The van der Waals surface area contributed by atoms with Gasteiger partial charge in [-0.15, -0.1) is 11.8 Å². The summed E-state index contributed by atoms with van der Waals surface area (Å²) in [6, 6.07) is 21.0. The summed E-state index contributed by atoms with van der Waals surface area (Å²) in [5.41, 5.74) is 0.626. The number of fused-ring (bicyclic) bond motifs is 7. The molecule has 35 heavy (non-hydrogen) atoms. The van der Waals surface area contributed by atoms with Crippen molar-refractivity contribution >= 4 is 35.0 Å². The number of rotatable bonds is 2. The summed E-state index contributed by atoms with van der Waals surface area (Å²) in [5, 5.41) is 14.4. The van der Waals surface area contributed by atoms with E-state index >= 15 is 0 Å². The third kappa shape index (κ3) is 2.32. The van der Waals surface area contributed by atoms with Gasteiger partial charge in [-0.3, -0.25) is 24.6 Å². The van der Waals surface area contributed by atoms with Crippen molar-refractivity contribution in [2.45, 2.75) is 22.9 Å². The first-order valence-corrected chi connectivity index (χ1v) is 12.5. The number of nitro benzene ring substituents is 1. The Morgan fingerprint density at radius 2 is 1.71 bits per heavy atom. The number of thioether (sulfide) groups is 1. The lowest BCUT2D eigenvalue weighted by Gasteiger charge is -2.39. The van der Waals surface area contributed by atoms with E-state index in [1.165, 1.54) is 12.1 Å². The second kappa shape index (κ2) is 6.93. The van der Waals surface area contributed by atoms with Crippen LogP contribution in [-0.2, 0) is 20.5 Å². The van der Waals surface area contributed by atoms with Crippen LogP contribution in [0, 0.1) is 10.1 Å². The minimum Gasteiger partial charge on any atom is -0.425 e. The van der Waals surface area contributed by atoms with Crippen LogP contribution >= 0.6 is 11.8 Å². The Bertz CT molecular complexity index is 1360. The molecule has 4 aliphatic rings. The van der Waals surface area contributed by atoms with E-state index < -0.39 is 21.8 Å². The molecule has 4 heterocycles. The number of nitrogens with one attached hydrogen (secondary N) is 1. The topological polar surface area (TPSA) is 102 Å². The fourth-order valence-electron chi connectivity index (χ4n) is 6.76. The van der Waals surface area contributed by atoms with Gasteiger partial charge in [-0.05, 0) is 17.7 Å². The summed E-state index contributed by atoms with van der Waals surface area (Å²) < 4.78 is 5.88. The van der Waals surface area contributed by atoms with Crippen LogP contribution in [-0.4, -0.2) is 39.4 Å². The molecule has 1 amide bonds. The van der Waals surface area contributed by atoms with E-state index in [4.69, 9.17) is 4.74 Å². The number of ether oxygens (including phenoxy) is 1. The van der Waals surface area contributed by atoms with E-state index in [0.717, 1.165) is 16.8 Å². The molecule has 0 radical (unpaired) electrons. The zero-order valence-corrected chi connectivity index (χ0v) is 19.2. The molecule has 7 rings (SSSR count). The van der Waals surface area contributed by atoms with Gasteiger partial charge >= 0.3 is 5.97 Å². The van der Waals surface area contributed by atoms with Crippen LogP contribution in [0.15, 0.2) is 72.8 Å². The molecule has 0 aliphatic carbocycles. The smallest absolute Gasteiger partial charge is 0.324 e. The minimum atomic E-state index is -1.17. The van der Waals surface area contributed by atoms with Crippen LogP contribution in [0.3, 0.4) is 0 Å². The van der Waals surface area contributed by atoms with Gasteiger partial charge in [0, 0.05) is 52.5 Å².